The maximum absolute atomic E-state index is 12.5. The molecule has 0 saturated heterocycles. The highest BCUT2D eigenvalue weighted by molar-refractivity contribution is 5.89. The van der Waals surface area contributed by atoms with E-state index < -0.39 is 17.3 Å². The van der Waals surface area contributed by atoms with E-state index in [0.717, 1.165) is 25.0 Å². The molecule has 1 saturated carbocycles. The molecule has 0 radical (unpaired) electrons. The lowest BCUT2D eigenvalue weighted by atomic mass is 9.91. The van der Waals surface area contributed by atoms with Gasteiger partial charge in [0.05, 0.1) is 5.56 Å². The quantitative estimate of drug-likeness (QED) is 0.816. The zero-order valence-corrected chi connectivity index (χ0v) is 12.0. The molecule has 0 aromatic heterocycles. The summed E-state index contributed by atoms with van der Waals surface area (Å²) >= 11 is 0. The van der Waals surface area contributed by atoms with E-state index in [9.17, 15) is 18.0 Å². The van der Waals surface area contributed by atoms with Crippen LogP contribution < -0.4 is 0 Å². The molecule has 1 aromatic rings. The van der Waals surface area contributed by atoms with Crippen LogP contribution in [0.2, 0.25) is 0 Å². The predicted molar refractivity (Wildman–Crippen MR) is 73.0 cm³/mol. The van der Waals surface area contributed by atoms with Gasteiger partial charge in [0, 0.05) is 13.0 Å². The molecule has 0 unspecified atom stereocenters. The van der Waals surface area contributed by atoms with Gasteiger partial charge in [0.15, 0.2) is 5.78 Å². The van der Waals surface area contributed by atoms with Crippen LogP contribution >= 0.6 is 0 Å². The maximum Gasteiger partial charge on any atom is 0.416 e. The van der Waals surface area contributed by atoms with Crippen LogP contribution in [0, 0.1) is 0 Å². The second-order valence-electron chi connectivity index (χ2n) is 5.43. The van der Waals surface area contributed by atoms with Crippen molar-refractivity contribution in [3.05, 3.63) is 35.4 Å². The van der Waals surface area contributed by atoms with Crippen molar-refractivity contribution in [2.75, 3.05) is 6.61 Å². The fourth-order valence-electron chi connectivity index (χ4n) is 2.88. The van der Waals surface area contributed by atoms with Crippen molar-refractivity contribution in [3.8, 4) is 0 Å². The first-order chi connectivity index (χ1) is 9.87. The second-order valence-corrected chi connectivity index (χ2v) is 5.43. The highest BCUT2D eigenvalue weighted by Crippen LogP contribution is 2.35. The molecular formula is C16H19F3O2. The lowest BCUT2D eigenvalue weighted by Crippen LogP contribution is -2.40. The van der Waals surface area contributed by atoms with Crippen molar-refractivity contribution in [3.63, 3.8) is 0 Å². The minimum Gasteiger partial charge on any atom is -0.367 e. The molecular weight excluding hydrogens is 281 g/mol. The summed E-state index contributed by atoms with van der Waals surface area (Å²) in [7, 11) is 0. The van der Waals surface area contributed by atoms with Crippen LogP contribution in [0.25, 0.3) is 0 Å². The molecule has 0 amide bonds. The predicted octanol–water partition coefficient (Wildman–Crippen LogP) is 4.17. The SMILES string of the molecule is CCOC1(C(=O)Cc2ccc(C(F)(F)F)cc2)CCCC1. The molecule has 1 aliphatic rings. The van der Waals surface area contributed by atoms with E-state index in [0.29, 0.717) is 25.0 Å². The molecule has 21 heavy (non-hydrogen) atoms. The van der Waals surface area contributed by atoms with Gasteiger partial charge in [-0.1, -0.05) is 12.1 Å². The van der Waals surface area contributed by atoms with Gasteiger partial charge in [0.1, 0.15) is 5.60 Å². The van der Waals surface area contributed by atoms with Crippen molar-refractivity contribution in [2.24, 2.45) is 0 Å². The Hall–Kier alpha value is -1.36. The van der Waals surface area contributed by atoms with Crippen molar-refractivity contribution in [1.82, 2.24) is 0 Å². The first-order valence-electron chi connectivity index (χ1n) is 7.21. The van der Waals surface area contributed by atoms with E-state index >= 15 is 0 Å². The topological polar surface area (TPSA) is 26.3 Å². The molecule has 2 nitrogen and oxygen atoms in total. The van der Waals surface area contributed by atoms with Crippen molar-refractivity contribution >= 4 is 5.78 Å². The van der Waals surface area contributed by atoms with Crippen molar-refractivity contribution < 1.29 is 22.7 Å². The summed E-state index contributed by atoms with van der Waals surface area (Å²) in [5, 5.41) is 0. The average Bonchev–Trinajstić information content (AvgIpc) is 2.89. The van der Waals surface area contributed by atoms with Crippen LogP contribution in [0.15, 0.2) is 24.3 Å². The smallest absolute Gasteiger partial charge is 0.367 e. The molecule has 0 spiro atoms. The van der Waals surface area contributed by atoms with Gasteiger partial charge in [-0.05, 0) is 50.3 Å². The summed E-state index contributed by atoms with van der Waals surface area (Å²) in [5.41, 5.74) is -0.824. The highest BCUT2D eigenvalue weighted by atomic mass is 19.4. The van der Waals surface area contributed by atoms with E-state index in [2.05, 4.69) is 0 Å². The number of halogens is 3. The molecule has 2 rings (SSSR count). The van der Waals surface area contributed by atoms with Crippen LogP contribution in [-0.4, -0.2) is 18.0 Å². The largest absolute Gasteiger partial charge is 0.416 e. The maximum atomic E-state index is 12.5. The van der Waals surface area contributed by atoms with Crippen LogP contribution in [0.4, 0.5) is 13.2 Å². The molecule has 5 heteroatoms. The number of ether oxygens (including phenoxy) is 1. The van der Waals surface area contributed by atoms with Crippen LogP contribution in [0.5, 0.6) is 0 Å². The Balaban J connectivity index is 2.08. The molecule has 0 atom stereocenters. The number of ketones is 1. The van der Waals surface area contributed by atoms with E-state index in [1.807, 2.05) is 6.92 Å². The molecule has 1 aliphatic carbocycles. The van der Waals surface area contributed by atoms with Gasteiger partial charge in [-0.3, -0.25) is 4.79 Å². The van der Waals surface area contributed by atoms with Gasteiger partial charge >= 0.3 is 6.18 Å². The molecule has 0 bridgehead atoms. The number of carbonyl (C=O) groups is 1. The van der Waals surface area contributed by atoms with Crippen molar-refractivity contribution in [2.45, 2.75) is 50.8 Å². The van der Waals surface area contributed by atoms with Crippen LogP contribution in [0.1, 0.15) is 43.7 Å². The molecule has 1 aromatic carbocycles. The number of carbonyl (C=O) groups excluding carboxylic acids is 1. The molecule has 1 fully saturated rings. The zero-order chi connectivity index (χ0) is 15.5. The molecule has 0 aliphatic heterocycles. The van der Waals surface area contributed by atoms with Gasteiger partial charge in [0.25, 0.3) is 0 Å². The van der Waals surface area contributed by atoms with Gasteiger partial charge in [0.2, 0.25) is 0 Å². The average molecular weight is 300 g/mol. The third-order valence-corrected chi connectivity index (χ3v) is 3.99. The molecule has 0 heterocycles. The number of hydrogen-bond acceptors (Lipinski definition) is 2. The first-order valence-corrected chi connectivity index (χ1v) is 7.21. The summed E-state index contributed by atoms with van der Waals surface area (Å²) in [6.07, 6.45) is -0.892. The second kappa shape index (κ2) is 6.18. The highest BCUT2D eigenvalue weighted by Gasteiger charge is 2.41. The summed E-state index contributed by atoms with van der Waals surface area (Å²) in [6, 6.07) is 4.78. The van der Waals surface area contributed by atoms with Gasteiger partial charge in [-0.25, -0.2) is 0 Å². The zero-order valence-electron chi connectivity index (χ0n) is 12.0. The monoisotopic (exact) mass is 300 g/mol. The molecule has 116 valence electrons. The summed E-state index contributed by atoms with van der Waals surface area (Å²) in [4.78, 5) is 12.5. The van der Waals surface area contributed by atoms with E-state index in [4.69, 9.17) is 4.74 Å². The fourth-order valence-corrected chi connectivity index (χ4v) is 2.88. The minimum atomic E-state index is -4.35. The number of hydrogen-bond donors (Lipinski definition) is 0. The molecule has 0 N–H and O–H groups in total. The fraction of sp³-hybridized carbons (Fsp3) is 0.562. The third-order valence-electron chi connectivity index (χ3n) is 3.99. The number of rotatable bonds is 5. The van der Waals surface area contributed by atoms with Crippen molar-refractivity contribution in [1.29, 1.82) is 0 Å². The lowest BCUT2D eigenvalue weighted by molar-refractivity contribution is -0.142. The lowest BCUT2D eigenvalue weighted by Gasteiger charge is -2.27. The first kappa shape index (κ1) is 16.0. The standard InChI is InChI=1S/C16H19F3O2/c1-2-21-15(9-3-4-10-15)14(20)11-12-5-7-13(8-6-12)16(17,18)19/h5-8H,2-4,9-11H2,1H3. The van der Waals surface area contributed by atoms with Crippen LogP contribution in [-0.2, 0) is 22.1 Å². The van der Waals surface area contributed by atoms with Crippen LogP contribution in [0.3, 0.4) is 0 Å². The van der Waals surface area contributed by atoms with E-state index in [-0.39, 0.29) is 12.2 Å². The van der Waals surface area contributed by atoms with Gasteiger partial charge in [-0.2, -0.15) is 13.2 Å². The summed E-state index contributed by atoms with van der Waals surface area (Å²) < 4.78 is 43.2. The van der Waals surface area contributed by atoms with Gasteiger partial charge < -0.3 is 4.74 Å². The Labute approximate surface area is 122 Å². The minimum absolute atomic E-state index is 0.0263. The third kappa shape index (κ3) is 3.64. The Bertz CT molecular complexity index is 485. The summed E-state index contributed by atoms with van der Waals surface area (Å²) in [5.74, 6) is -0.0263. The normalized spacial score (nSPS) is 17.9. The number of Topliss-reactive ketones (excluding diaryl/α,β-unsaturated/α-hetero) is 1. The van der Waals surface area contributed by atoms with E-state index in [1.54, 1.807) is 0 Å². The Kier molecular flexibility index (Phi) is 4.71. The number of benzene rings is 1. The Morgan fingerprint density at radius 3 is 2.24 bits per heavy atom. The number of alkyl halides is 3. The van der Waals surface area contributed by atoms with Gasteiger partial charge in [-0.15, -0.1) is 0 Å². The van der Waals surface area contributed by atoms with E-state index in [1.165, 1.54) is 12.1 Å². The Morgan fingerprint density at radius 2 is 1.76 bits per heavy atom. The summed E-state index contributed by atoms with van der Waals surface area (Å²) in [6.45, 7) is 2.32. The Morgan fingerprint density at radius 1 is 1.19 bits per heavy atom.